The summed E-state index contributed by atoms with van der Waals surface area (Å²) in [7, 11) is 0. The first-order valence-electron chi connectivity index (χ1n) is 8.58. The number of hydrogen-bond acceptors (Lipinski definition) is 4. The number of carbonyl (C=O) groups excluding carboxylic acids is 2. The molecular weight excluding hydrogens is 437 g/mol. The van der Waals surface area contributed by atoms with Gasteiger partial charge in [0, 0.05) is 5.69 Å². The molecule has 0 fully saturated rings. The van der Waals surface area contributed by atoms with Gasteiger partial charge in [-0.05, 0) is 43.3 Å². The molecule has 2 N–H and O–H groups in total. The van der Waals surface area contributed by atoms with Gasteiger partial charge in [0.05, 0.1) is 17.7 Å². The van der Waals surface area contributed by atoms with Crippen LogP contribution in [-0.4, -0.2) is 30.3 Å². The van der Waals surface area contributed by atoms with Crippen molar-refractivity contribution < 1.29 is 45.1 Å². The maximum atomic E-state index is 14.0. The first-order valence-corrected chi connectivity index (χ1v) is 8.58. The van der Waals surface area contributed by atoms with Crippen LogP contribution in [0.3, 0.4) is 0 Å². The molecule has 0 aromatic heterocycles. The third-order valence-electron chi connectivity index (χ3n) is 3.97. The number of ether oxygens (including phenoxy) is 1. The molecule has 0 saturated heterocycles. The second kappa shape index (κ2) is 8.82. The van der Waals surface area contributed by atoms with Gasteiger partial charge in [0.2, 0.25) is 0 Å². The molecule has 0 aliphatic rings. The van der Waals surface area contributed by atoms with Gasteiger partial charge in [-0.15, -0.1) is 0 Å². The van der Waals surface area contributed by atoms with Crippen LogP contribution in [0.4, 0.5) is 36.4 Å². The van der Waals surface area contributed by atoms with Crippen LogP contribution in [-0.2, 0) is 15.7 Å². The van der Waals surface area contributed by atoms with Crippen molar-refractivity contribution in [2.75, 3.05) is 11.9 Å². The van der Waals surface area contributed by atoms with Gasteiger partial charge in [0.15, 0.2) is 0 Å². The average Bonchev–Trinajstić information content (AvgIpc) is 2.66. The van der Waals surface area contributed by atoms with Crippen LogP contribution in [0, 0.1) is 5.82 Å². The molecular formula is C19H15F7N2O3. The highest BCUT2D eigenvalue weighted by Crippen LogP contribution is 2.35. The zero-order valence-electron chi connectivity index (χ0n) is 15.7. The average molecular weight is 452 g/mol. The molecule has 2 aromatic carbocycles. The van der Waals surface area contributed by atoms with E-state index in [9.17, 15) is 40.3 Å². The Morgan fingerprint density at radius 2 is 1.52 bits per heavy atom. The number of nitrogens with one attached hydrogen (secondary N) is 2. The van der Waals surface area contributed by atoms with Gasteiger partial charge in [-0.2, -0.15) is 26.3 Å². The number of anilines is 1. The maximum Gasteiger partial charge on any atom is 0.441 e. The lowest BCUT2D eigenvalue weighted by Crippen LogP contribution is -2.69. The lowest BCUT2D eigenvalue weighted by Gasteiger charge is -2.35. The van der Waals surface area contributed by atoms with Crippen LogP contribution in [0.25, 0.3) is 0 Å². The van der Waals surface area contributed by atoms with Gasteiger partial charge in [0.1, 0.15) is 5.82 Å². The van der Waals surface area contributed by atoms with Crippen LogP contribution >= 0.6 is 0 Å². The minimum absolute atomic E-state index is 0.479. The van der Waals surface area contributed by atoms with E-state index in [4.69, 9.17) is 0 Å². The van der Waals surface area contributed by atoms with Crippen molar-refractivity contribution in [3.8, 4) is 0 Å². The van der Waals surface area contributed by atoms with Crippen molar-refractivity contribution in [3.63, 3.8) is 0 Å². The summed E-state index contributed by atoms with van der Waals surface area (Å²) in [6.45, 7) is 0.691. The number of benzene rings is 2. The molecule has 0 unspecified atom stereocenters. The summed E-state index contributed by atoms with van der Waals surface area (Å²) in [5.74, 6) is -4.76. The Kier molecular flexibility index (Phi) is 6.82. The first kappa shape index (κ1) is 24.0. The van der Waals surface area contributed by atoms with Crippen LogP contribution in [0.5, 0.6) is 0 Å². The Hall–Kier alpha value is -3.31. The third kappa shape index (κ3) is 5.25. The first-order chi connectivity index (χ1) is 14.3. The number of rotatable bonds is 6. The van der Waals surface area contributed by atoms with E-state index in [1.165, 1.54) is 24.4 Å². The van der Waals surface area contributed by atoms with Gasteiger partial charge in [-0.3, -0.25) is 4.79 Å². The van der Waals surface area contributed by atoms with Gasteiger partial charge < -0.3 is 15.4 Å². The summed E-state index contributed by atoms with van der Waals surface area (Å²) in [5.41, 5.74) is -6.45. The molecule has 5 nitrogen and oxygen atoms in total. The van der Waals surface area contributed by atoms with Gasteiger partial charge in [-0.1, -0.05) is 12.1 Å². The highest BCUT2D eigenvalue weighted by molar-refractivity contribution is 5.99. The highest BCUT2D eigenvalue weighted by Gasteiger charge is 2.63. The molecule has 2 aromatic rings. The Balaban J connectivity index is 2.52. The van der Waals surface area contributed by atoms with E-state index in [-0.39, 0.29) is 0 Å². The van der Waals surface area contributed by atoms with E-state index in [2.05, 4.69) is 4.74 Å². The fourth-order valence-corrected chi connectivity index (χ4v) is 2.47. The largest absolute Gasteiger partial charge is 0.463 e. The van der Waals surface area contributed by atoms with Crippen molar-refractivity contribution >= 4 is 17.6 Å². The normalized spacial score (nSPS) is 13.8. The van der Waals surface area contributed by atoms with Crippen LogP contribution < -0.4 is 10.6 Å². The number of alkyl halides is 6. The topological polar surface area (TPSA) is 67.4 Å². The zero-order chi connectivity index (χ0) is 23.4. The smallest absolute Gasteiger partial charge is 0.441 e. The summed E-state index contributed by atoms with van der Waals surface area (Å²) in [6, 6.07) is 6.30. The molecule has 168 valence electrons. The van der Waals surface area contributed by atoms with E-state index in [0.29, 0.717) is 24.3 Å². The predicted molar refractivity (Wildman–Crippen MR) is 94.4 cm³/mol. The van der Waals surface area contributed by atoms with E-state index in [1.54, 1.807) is 5.32 Å². The lowest BCUT2D eigenvalue weighted by molar-refractivity contribution is -0.204. The van der Waals surface area contributed by atoms with E-state index < -0.39 is 59.1 Å². The third-order valence-corrected chi connectivity index (χ3v) is 3.97. The molecule has 12 heteroatoms. The van der Waals surface area contributed by atoms with Crippen molar-refractivity contribution in [2.24, 2.45) is 0 Å². The predicted octanol–water partition coefficient (Wildman–Crippen LogP) is 4.51. The Labute approximate surface area is 171 Å². The molecule has 0 saturated carbocycles. The van der Waals surface area contributed by atoms with Gasteiger partial charge >= 0.3 is 24.0 Å². The van der Waals surface area contributed by atoms with Crippen LogP contribution in [0.1, 0.15) is 22.8 Å². The Morgan fingerprint density at radius 1 is 0.935 bits per heavy atom. The second-order valence-electron chi connectivity index (χ2n) is 6.10. The van der Waals surface area contributed by atoms with Crippen LogP contribution in [0.2, 0.25) is 0 Å². The van der Waals surface area contributed by atoms with Crippen molar-refractivity contribution in [1.82, 2.24) is 5.32 Å². The number of halogens is 7. The van der Waals surface area contributed by atoms with Crippen LogP contribution in [0.15, 0.2) is 48.5 Å². The quantitative estimate of drug-likeness (QED) is 0.385. The second-order valence-corrected chi connectivity index (χ2v) is 6.10. The summed E-state index contributed by atoms with van der Waals surface area (Å²) < 4.78 is 98.5. The molecule has 0 radical (unpaired) electrons. The standard InChI is InChI=1S/C19H15F7N2O3/c1-2-31-16(30)17(19(24,25)26,28-15(29)13-5-3-4-6-14(13)20)27-12-9-7-11(8-10-12)18(21,22)23/h3-10,27H,2H2,1H3,(H,28,29)/t17-/m0/s1. The van der Waals surface area contributed by atoms with Crippen molar-refractivity contribution in [3.05, 3.63) is 65.5 Å². The summed E-state index contributed by atoms with van der Waals surface area (Å²) in [5, 5.41) is 3.09. The summed E-state index contributed by atoms with van der Waals surface area (Å²) >= 11 is 0. The van der Waals surface area contributed by atoms with E-state index in [1.807, 2.05) is 0 Å². The van der Waals surface area contributed by atoms with E-state index in [0.717, 1.165) is 12.1 Å². The monoisotopic (exact) mass is 452 g/mol. The fraction of sp³-hybridized carbons (Fsp3) is 0.263. The number of amides is 1. The number of hydrogen-bond donors (Lipinski definition) is 2. The number of esters is 1. The molecule has 0 aliphatic heterocycles. The molecule has 1 atom stereocenters. The van der Waals surface area contributed by atoms with Gasteiger partial charge in [0.25, 0.3) is 5.91 Å². The van der Waals surface area contributed by atoms with Gasteiger partial charge in [-0.25, -0.2) is 9.18 Å². The summed E-state index contributed by atoms with van der Waals surface area (Å²) in [6.07, 6.45) is -10.3. The molecule has 1 amide bonds. The zero-order valence-corrected chi connectivity index (χ0v) is 15.7. The molecule has 31 heavy (non-hydrogen) atoms. The minimum atomic E-state index is -5.54. The maximum absolute atomic E-state index is 14.0. The Morgan fingerprint density at radius 3 is 2.00 bits per heavy atom. The summed E-state index contributed by atoms with van der Waals surface area (Å²) in [4.78, 5) is 24.7. The minimum Gasteiger partial charge on any atom is -0.463 e. The fourth-order valence-electron chi connectivity index (χ4n) is 2.47. The van der Waals surface area contributed by atoms with Crippen molar-refractivity contribution in [2.45, 2.75) is 24.9 Å². The highest BCUT2D eigenvalue weighted by atomic mass is 19.4. The Bertz CT molecular complexity index is 943. The molecule has 0 aliphatic carbocycles. The lowest BCUT2D eigenvalue weighted by atomic mass is 10.1. The van der Waals surface area contributed by atoms with Crippen molar-refractivity contribution in [1.29, 1.82) is 0 Å². The molecule has 0 bridgehead atoms. The molecule has 0 spiro atoms. The molecule has 0 heterocycles. The molecule has 2 rings (SSSR count). The SMILES string of the molecule is CCOC(=O)[C@@](NC(=O)c1ccccc1F)(Nc1ccc(C(F)(F)F)cc1)C(F)(F)F. The van der Waals surface area contributed by atoms with E-state index >= 15 is 0 Å². The number of carbonyl (C=O) groups is 2.